The average molecular weight is 816 g/mol. The molecule has 15 nitrogen and oxygen atoms in total. The maximum absolute atomic E-state index is 13.3. The van der Waals surface area contributed by atoms with E-state index in [1.54, 1.807) is 49.5 Å². The summed E-state index contributed by atoms with van der Waals surface area (Å²) in [6.45, 7) is 4.71. The third-order valence-electron chi connectivity index (χ3n) is 10.6. The van der Waals surface area contributed by atoms with Crippen molar-refractivity contribution in [2.75, 3.05) is 55.6 Å². The second-order valence-electron chi connectivity index (χ2n) is 14.3. The Morgan fingerprint density at radius 2 is 1.86 bits per heavy atom. The van der Waals surface area contributed by atoms with Crippen LogP contribution in [0.5, 0.6) is 5.75 Å². The summed E-state index contributed by atoms with van der Waals surface area (Å²) in [5.41, 5.74) is 5.83. The Hall–Kier alpha value is -6.68. The van der Waals surface area contributed by atoms with Gasteiger partial charge in [0.1, 0.15) is 11.8 Å². The molecule has 3 aromatic carbocycles. The van der Waals surface area contributed by atoms with Gasteiger partial charge >= 0.3 is 0 Å². The number of aromatic nitrogens is 3. The van der Waals surface area contributed by atoms with Crippen LogP contribution in [0.25, 0.3) is 22.2 Å². The van der Waals surface area contributed by atoms with E-state index in [0.29, 0.717) is 59.6 Å². The highest BCUT2D eigenvalue weighted by Gasteiger charge is 2.39. The number of methoxy groups -OCH3 is 1. The molecular formula is C43H45N9O6S. The maximum Gasteiger partial charge on any atom is 0.255 e. The van der Waals surface area contributed by atoms with E-state index in [2.05, 4.69) is 44.2 Å². The number of carbonyl (C=O) groups is 5. The Morgan fingerprint density at radius 1 is 1.05 bits per heavy atom. The topological polar surface area (TPSA) is 171 Å². The molecule has 0 spiro atoms. The SMILES string of the molecule is C=CC(=O)Nc1cc(Nc2nccc(-c3cn(C)c4ccccc34)n2)c(OC)cc1N(C)CCN(C)C(=O)CCSc1cccc2c1CN(C1CCC(=O)NC1=O)C2=O. The molecule has 5 aromatic rings. The second kappa shape index (κ2) is 17.4. The molecule has 2 aliphatic rings. The highest BCUT2D eigenvalue weighted by Crippen LogP contribution is 2.39. The lowest BCUT2D eigenvalue weighted by Crippen LogP contribution is -2.52. The molecule has 1 saturated heterocycles. The lowest BCUT2D eigenvalue weighted by molar-refractivity contribution is -0.137. The van der Waals surface area contributed by atoms with Gasteiger partial charge in [0, 0.05) is 105 Å². The number of likely N-dealkylation sites (N-methyl/N-ethyl adjacent to an activating group) is 2. The number of nitrogens with one attached hydrogen (secondary N) is 3. The molecule has 2 aliphatic heterocycles. The number of thioether (sulfide) groups is 1. The number of fused-ring (bicyclic) bond motifs is 2. The van der Waals surface area contributed by atoms with Crippen LogP contribution in [0, 0.1) is 0 Å². The average Bonchev–Trinajstić information content (AvgIpc) is 3.76. The van der Waals surface area contributed by atoms with E-state index in [-0.39, 0.29) is 37.1 Å². The number of carbonyl (C=O) groups excluding carboxylic acids is 5. The summed E-state index contributed by atoms with van der Waals surface area (Å²) in [6.07, 6.45) is 5.66. The molecule has 5 amide bonds. The smallest absolute Gasteiger partial charge is 0.255 e. The number of hydrogen-bond donors (Lipinski definition) is 3. The van der Waals surface area contributed by atoms with Gasteiger partial charge in [0.15, 0.2) is 0 Å². The van der Waals surface area contributed by atoms with Crippen LogP contribution < -0.4 is 25.6 Å². The molecule has 59 heavy (non-hydrogen) atoms. The van der Waals surface area contributed by atoms with Crippen LogP contribution in [0.3, 0.4) is 0 Å². The number of para-hydroxylation sites is 1. The minimum atomic E-state index is -0.692. The summed E-state index contributed by atoms with van der Waals surface area (Å²) >= 11 is 1.49. The zero-order valence-corrected chi connectivity index (χ0v) is 34.1. The predicted octanol–water partition coefficient (Wildman–Crippen LogP) is 5.35. The molecule has 1 atom stereocenters. The van der Waals surface area contributed by atoms with Crippen LogP contribution in [-0.2, 0) is 32.8 Å². The number of hydrogen-bond acceptors (Lipinski definition) is 11. The Bertz CT molecular complexity index is 2490. The highest BCUT2D eigenvalue weighted by atomic mass is 32.2. The zero-order valence-electron chi connectivity index (χ0n) is 33.3. The summed E-state index contributed by atoms with van der Waals surface area (Å²) < 4.78 is 7.85. The molecule has 7 rings (SSSR count). The summed E-state index contributed by atoms with van der Waals surface area (Å²) in [5.74, 6) is -0.151. The standard InChI is InChI=1S/C43H45N9O6S/c1-6-38(53)45-31-22-32(47-43-44-18-16-30(46-43)28-24-51(4)33-12-8-7-10-26(28)33)36(58-5)23-35(31)49(2)19-20-50(3)40(55)17-21-59-37-13-9-11-27-29(37)25-52(42(27)57)34-14-15-39(54)48-41(34)56/h6-13,16,18,22-24,34H,1,14-15,17,19-21,25H2,2-5H3,(H,45,53)(H,44,46,47)(H,48,54,56). The van der Waals surface area contributed by atoms with E-state index in [1.165, 1.54) is 22.7 Å². The third-order valence-corrected chi connectivity index (χ3v) is 11.7. The summed E-state index contributed by atoms with van der Waals surface area (Å²) in [5, 5.41) is 9.57. The number of rotatable bonds is 15. The molecule has 0 radical (unpaired) electrons. The van der Waals surface area contributed by atoms with Gasteiger partial charge in [0.05, 0.1) is 29.9 Å². The molecule has 0 bridgehead atoms. The number of benzene rings is 3. The van der Waals surface area contributed by atoms with E-state index >= 15 is 0 Å². The van der Waals surface area contributed by atoms with Crippen LogP contribution in [0.15, 0.2) is 90.6 Å². The molecule has 0 saturated carbocycles. The second-order valence-corrected chi connectivity index (χ2v) is 15.5. The Morgan fingerprint density at radius 3 is 2.64 bits per heavy atom. The van der Waals surface area contributed by atoms with Crippen molar-refractivity contribution in [2.24, 2.45) is 7.05 Å². The lowest BCUT2D eigenvalue weighted by atomic mass is 10.0. The number of amides is 5. The van der Waals surface area contributed by atoms with Crippen LogP contribution in [0.2, 0.25) is 0 Å². The Balaban J connectivity index is 0.990. The molecule has 0 aliphatic carbocycles. The van der Waals surface area contributed by atoms with Crippen molar-refractivity contribution < 1.29 is 28.7 Å². The van der Waals surface area contributed by atoms with Gasteiger partial charge in [-0.3, -0.25) is 29.3 Å². The van der Waals surface area contributed by atoms with Crippen LogP contribution in [-0.4, -0.2) is 100.0 Å². The van der Waals surface area contributed by atoms with Crippen LogP contribution in [0.4, 0.5) is 23.0 Å². The molecular weight excluding hydrogens is 771 g/mol. The third kappa shape index (κ3) is 8.62. The summed E-state index contributed by atoms with van der Waals surface area (Å²) in [4.78, 5) is 78.6. The van der Waals surface area contributed by atoms with Gasteiger partial charge in [-0.1, -0.05) is 30.8 Å². The van der Waals surface area contributed by atoms with Crippen molar-refractivity contribution in [3.8, 4) is 17.0 Å². The normalized spacial score (nSPS) is 14.8. The van der Waals surface area contributed by atoms with Crippen LogP contribution in [0.1, 0.15) is 35.2 Å². The van der Waals surface area contributed by atoms with Gasteiger partial charge in [-0.25, -0.2) is 9.97 Å². The fourth-order valence-electron chi connectivity index (χ4n) is 7.35. The number of piperidine rings is 1. The van der Waals surface area contributed by atoms with Gasteiger partial charge in [-0.15, -0.1) is 11.8 Å². The number of ether oxygens (including phenoxy) is 1. The van der Waals surface area contributed by atoms with Gasteiger partial charge in [-0.2, -0.15) is 0 Å². The summed E-state index contributed by atoms with van der Waals surface area (Å²) in [7, 11) is 7.17. The number of anilines is 4. The highest BCUT2D eigenvalue weighted by molar-refractivity contribution is 7.99. The zero-order chi connectivity index (χ0) is 41.8. The van der Waals surface area contributed by atoms with Crippen molar-refractivity contribution in [2.45, 2.75) is 36.7 Å². The molecule has 2 aromatic heterocycles. The molecule has 1 fully saturated rings. The molecule has 4 heterocycles. The largest absolute Gasteiger partial charge is 0.494 e. The van der Waals surface area contributed by atoms with Crippen molar-refractivity contribution in [1.29, 1.82) is 0 Å². The molecule has 304 valence electrons. The number of nitrogens with zero attached hydrogens (tertiary/aromatic N) is 6. The quantitative estimate of drug-likeness (QED) is 0.0707. The van der Waals surface area contributed by atoms with E-state index in [0.717, 1.165) is 32.6 Å². The number of imide groups is 1. The lowest BCUT2D eigenvalue weighted by Gasteiger charge is -2.29. The maximum atomic E-state index is 13.3. The predicted molar refractivity (Wildman–Crippen MR) is 228 cm³/mol. The first-order chi connectivity index (χ1) is 28.4. The first-order valence-electron chi connectivity index (χ1n) is 19.1. The van der Waals surface area contributed by atoms with E-state index < -0.39 is 17.9 Å². The minimum absolute atomic E-state index is 0.0530. The Kier molecular flexibility index (Phi) is 12.0. The first-order valence-corrected chi connectivity index (χ1v) is 20.1. The van der Waals surface area contributed by atoms with Crippen molar-refractivity contribution in [1.82, 2.24) is 29.7 Å². The van der Waals surface area contributed by atoms with Gasteiger partial charge < -0.3 is 34.6 Å². The van der Waals surface area contributed by atoms with Gasteiger partial charge in [0.2, 0.25) is 29.6 Å². The van der Waals surface area contributed by atoms with E-state index in [9.17, 15) is 24.0 Å². The van der Waals surface area contributed by atoms with Crippen molar-refractivity contribution >= 4 is 75.2 Å². The first kappa shape index (κ1) is 40.5. The van der Waals surface area contributed by atoms with Crippen molar-refractivity contribution in [3.63, 3.8) is 0 Å². The van der Waals surface area contributed by atoms with Gasteiger partial charge in [0.25, 0.3) is 5.91 Å². The molecule has 16 heteroatoms. The molecule has 3 N–H and O–H groups in total. The fourth-order valence-corrected chi connectivity index (χ4v) is 8.37. The van der Waals surface area contributed by atoms with E-state index in [1.807, 2.05) is 49.5 Å². The van der Waals surface area contributed by atoms with Crippen molar-refractivity contribution in [3.05, 3.63) is 96.8 Å². The fraction of sp³-hybridized carbons (Fsp3) is 0.279. The van der Waals surface area contributed by atoms with Crippen LogP contribution >= 0.6 is 11.8 Å². The summed E-state index contributed by atoms with van der Waals surface area (Å²) in [6, 6.07) is 18.3. The minimum Gasteiger partial charge on any atom is -0.494 e. The Labute approximate surface area is 345 Å². The molecule has 1 unspecified atom stereocenters. The van der Waals surface area contributed by atoms with Gasteiger partial charge in [-0.05, 0) is 48.4 Å². The monoisotopic (exact) mass is 815 g/mol. The van der Waals surface area contributed by atoms with E-state index in [4.69, 9.17) is 9.72 Å². The number of aryl methyl sites for hydroxylation is 1.